The van der Waals surface area contributed by atoms with Crippen molar-refractivity contribution in [1.82, 2.24) is 0 Å². The van der Waals surface area contributed by atoms with Crippen LogP contribution in [0.1, 0.15) is 0 Å². The van der Waals surface area contributed by atoms with Crippen molar-refractivity contribution >= 4 is 12.9 Å². The van der Waals surface area contributed by atoms with Crippen molar-refractivity contribution in [3.05, 3.63) is 36.4 Å². The first kappa shape index (κ1) is 23.8. The quantitative estimate of drug-likeness (QED) is 0.317. The maximum absolute atomic E-state index is 8.25. The Morgan fingerprint density at radius 2 is 0.714 bits per heavy atom. The number of hydrogen-bond acceptors (Lipinski definition) is 4. The molecule has 0 amide bonds. The Hall–Kier alpha value is 0.160. The van der Waals surface area contributed by atoms with Gasteiger partial charge < -0.3 is 19.8 Å². The third kappa shape index (κ3) is 39.9. The van der Waals surface area contributed by atoms with Crippen molar-refractivity contribution in [1.29, 1.82) is 0 Å². The zero-order valence-corrected chi connectivity index (χ0v) is 12.3. The van der Waals surface area contributed by atoms with Crippen LogP contribution in [-0.2, 0) is 9.59 Å². The molecule has 0 radical (unpaired) electrons. The van der Waals surface area contributed by atoms with Gasteiger partial charge in [0.25, 0.3) is 0 Å². The fourth-order valence-electron chi connectivity index (χ4n) is 0.385. The Kier molecular flexibility index (Phi) is 49.6. The van der Waals surface area contributed by atoms with Crippen LogP contribution in [-0.4, -0.2) is 12.9 Å². The Morgan fingerprint density at radius 3 is 0.786 bits per heavy atom. The van der Waals surface area contributed by atoms with Crippen molar-refractivity contribution < 1.29 is 78.9 Å². The standard InChI is InChI=1S/C6H6.2CH2O2.2Na/c1-2-4-6-5-3-1;2*2-1-3;;/h1-6H;2*1H,(H,2,3);;/q;;;2*+1/p-2. The number of carboxylic acid groups (broad SMARTS) is 2. The summed E-state index contributed by atoms with van der Waals surface area (Å²) < 4.78 is 0. The summed E-state index contributed by atoms with van der Waals surface area (Å²) in [6.45, 7) is -1.00. The van der Waals surface area contributed by atoms with Gasteiger partial charge in [0.1, 0.15) is 0 Å². The average Bonchev–Trinajstić information content (AvgIpc) is 2.10. The minimum atomic E-state index is -0.500. The first-order chi connectivity index (χ1) is 5.83. The van der Waals surface area contributed by atoms with Crippen molar-refractivity contribution in [3.8, 4) is 0 Å². The number of carbonyl (C=O) groups excluding carboxylic acids is 2. The SMILES string of the molecule is O=C[O-].O=C[O-].[Na+].[Na+].c1ccccc1. The molecular formula is C8H8Na2O4. The summed E-state index contributed by atoms with van der Waals surface area (Å²) in [5.74, 6) is 0. The van der Waals surface area contributed by atoms with Crippen LogP contribution in [0.4, 0.5) is 0 Å². The topological polar surface area (TPSA) is 80.3 Å². The largest absolute Gasteiger partial charge is 1.00 e. The smallest absolute Gasteiger partial charge is 0.554 e. The van der Waals surface area contributed by atoms with E-state index in [2.05, 4.69) is 0 Å². The van der Waals surface area contributed by atoms with Gasteiger partial charge in [-0.05, 0) is 0 Å². The molecular weight excluding hydrogens is 206 g/mol. The van der Waals surface area contributed by atoms with Gasteiger partial charge in [0.05, 0.1) is 0 Å². The van der Waals surface area contributed by atoms with Gasteiger partial charge in [-0.2, -0.15) is 0 Å². The van der Waals surface area contributed by atoms with Gasteiger partial charge in [0.15, 0.2) is 0 Å². The molecule has 0 aromatic heterocycles. The van der Waals surface area contributed by atoms with Crippen molar-refractivity contribution in [2.75, 3.05) is 0 Å². The molecule has 4 nitrogen and oxygen atoms in total. The molecule has 1 aromatic carbocycles. The Labute approximate surface area is 127 Å². The second kappa shape index (κ2) is 29.2. The molecule has 0 aliphatic rings. The zero-order chi connectivity index (χ0) is 9.66. The Balaban J connectivity index is -0.0000000557. The summed E-state index contributed by atoms with van der Waals surface area (Å²) >= 11 is 0. The van der Waals surface area contributed by atoms with E-state index in [1.165, 1.54) is 0 Å². The van der Waals surface area contributed by atoms with Crippen LogP contribution in [0.5, 0.6) is 0 Å². The van der Waals surface area contributed by atoms with Crippen molar-refractivity contribution in [2.45, 2.75) is 0 Å². The molecule has 66 valence electrons. The molecule has 1 rings (SSSR count). The van der Waals surface area contributed by atoms with Gasteiger partial charge in [-0.1, -0.05) is 36.4 Å². The van der Waals surface area contributed by atoms with Crippen LogP contribution in [0.2, 0.25) is 0 Å². The summed E-state index contributed by atoms with van der Waals surface area (Å²) in [4.78, 5) is 16.5. The van der Waals surface area contributed by atoms with Gasteiger partial charge >= 0.3 is 59.1 Å². The van der Waals surface area contributed by atoms with Crippen LogP contribution < -0.4 is 69.3 Å². The van der Waals surface area contributed by atoms with Gasteiger partial charge in [-0.25, -0.2) is 0 Å². The molecule has 0 fully saturated rings. The van der Waals surface area contributed by atoms with Crippen LogP contribution >= 0.6 is 0 Å². The van der Waals surface area contributed by atoms with E-state index in [0.29, 0.717) is 0 Å². The summed E-state index contributed by atoms with van der Waals surface area (Å²) in [7, 11) is 0. The minimum absolute atomic E-state index is 0. The Bertz CT molecular complexity index is 149. The van der Waals surface area contributed by atoms with Gasteiger partial charge in [0.2, 0.25) is 0 Å². The van der Waals surface area contributed by atoms with Crippen molar-refractivity contribution in [2.24, 2.45) is 0 Å². The third-order valence-corrected chi connectivity index (χ3v) is 0.667. The summed E-state index contributed by atoms with van der Waals surface area (Å²) in [5.41, 5.74) is 0. The molecule has 0 saturated heterocycles. The van der Waals surface area contributed by atoms with E-state index in [0.717, 1.165) is 0 Å². The molecule has 0 aliphatic heterocycles. The van der Waals surface area contributed by atoms with Gasteiger partial charge in [0, 0.05) is 12.9 Å². The molecule has 0 bridgehead atoms. The second-order valence-corrected chi connectivity index (χ2v) is 1.35. The summed E-state index contributed by atoms with van der Waals surface area (Å²) in [6.07, 6.45) is 0. The first-order valence-electron chi connectivity index (χ1n) is 2.94. The van der Waals surface area contributed by atoms with E-state index in [9.17, 15) is 0 Å². The van der Waals surface area contributed by atoms with Crippen LogP contribution in [0.25, 0.3) is 0 Å². The van der Waals surface area contributed by atoms with E-state index in [-0.39, 0.29) is 59.1 Å². The maximum Gasteiger partial charge on any atom is 1.00 e. The monoisotopic (exact) mass is 214 g/mol. The molecule has 14 heavy (non-hydrogen) atoms. The minimum Gasteiger partial charge on any atom is -0.554 e. The van der Waals surface area contributed by atoms with E-state index < -0.39 is 12.9 Å². The van der Waals surface area contributed by atoms with E-state index >= 15 is 0 Å². The number of rotatable bonds is 0. The van der Waals surface area contributed by atoms with E-state index in [1.54, 1.807) is 0 Å². The van der Waals surface area contributed by atoms with E-state index in [4.69, 9.17) is 19.8 Å². The molecule has 0 heterocycles. The van der Waals surface area contributed by atoms with Crippen molar-refractivity contribution in [3.63, 3.8) is 0 Å². The van der Waals surface area contributed by atoms with Crippen LogP contribution in [0.15, 0.2) is 36.4 Å². The van der Waals surface area contributed by atoms with Crippen LogP contribution in [0.3, 0.4) is 0 Å². The first-order valence-corrected chi connectivity index (χ1v) is 2.94. The summed E-state index contributed by atoms with van der Waals surface area (Å²) in [5, 5.41) is 16.5. The predicted octanol–water partition coefficient (Wildman–Crippen LogP) is -7.57. The normalized spacial score (nSPS) is 5.14. The molecule has 0 atom stereocenters. The summed E-state index contributed by atoms with van der Waals surface area (Å²) in [6, 6.07) is 12.0. The number of carbonyl (C=O) groups is 2. The molecule has 0 saturated carbocycles. The average molecular weight is 214 g/mol. The molecule has 0 aliphatic carbocycles. The maximum atomic E-state index is 8.25. The molecule has 6 heteroatoms. The number of benzene rings is 1. The predicted molar refractivity (Wildman–Crippen MR) is 38.6 cm³/mol. The van der Waals surface area contributed by atoms with Gasteiger partial charge in [-0.15, -0.1) is 0 Å². The molecule has 0 unspecified atom stereocenters. The zero-order valence-electron chi connectivity index (χ0n) is 8.25. The number of hydrogen-bond donors (Lipinski definition) is 0. The molecule has 0 spiro atoms. The second-order valence-electron chi connectivity index (χ2n) is 1.35. The third-order valence-electron chi connectivity index (χ3n) is 0.667. The molecule has 1 aromatic rings. The fourth-order valence-corrected chi connectivity index (χ4v) is 0.385. The van der Waals surface area contributed by atoms with Crippen LogP contribution in [0, 0.1) is 0 Å². The fraction of sp³-hybridized carbons (Fsp3) is 0. The molecule has 0 N–H and O–H groups in total. The Morgan fingerprint density at radius 1 is 0.643 bits per heavy atom. The van der Waals surface area contributed by atoms with E-state index in [1.807, 2.05) is 36.4 Å². The van der Waals surface area contributed by atoms with Gasteiger partial charge in [-0.3, -0.25) is 0 Å².